The zero-order valence-electron chi connectivity index (χ0n) is 11.5. The second-order valence-corrected chi connectivity index (χ2v) is 6.17. The molecule has 3 aliphatic rings. The number of rotatable bonds is 3. The van der Waals surface area contributed by atoms with E-state index in [1.54, 1.807) is 0 Å². The van der Waals surface area contributed by atoms with Gasteiger partial charge in [-0.2, -0.15) is 0 Å². The lowest BCUT2D eigenvalue weighted by atomic mass is 9.92. The third-order valence-electron chi connectivity index (χ3n) is 4.75. The van der Waals surface area contributed by atoms with E-state index in [1.807, 2.05) is 6.20 Å². The standard InChI is InChI=1S/C15H21N3O2/c19-13-6-14(7-13)20-15-5-10(3-4-17-15)18-11-1-2-12(18)9-16-8-11/h3-5,11-14,16,19H,1-2,6-9H2. The minimum atomic E-state index is -0.188. The molecule has 1 aromatic heterocycles. The van der Waals surface area contributed by atoms with Gasteiger partial charge in [-0.1, -0.05) is 0 Å². The Morgan fingerprint density at radius 2 is 2.00 bits per heavy atom. The summed E-state index contributed by atoms with van der Waals surface area (Å²) >= 11 is 0. The summed E-state index contributed by atoms with van der Waals surface area (Å²) in [6.07, 6.45) is 5.77. The zero-order valence-corrected chi connectivity index (χ0v) is 11.5. The van der Waals surface area contributed by atoms with Crippen molar-refractivity contribution in [3.63, 3.8) is 0 Å². The molecule has 0 spiro atoms. The minimum absolute atomic E-state index is 0.132. The van der Waals surface area contributed by atoms with Crippen LogP contribution >= 0.6 is 0 Å². The Hall–Kier alpha value is -1.33. The molecule has 2 saturated heterocycles. The third-order valence-corrected chi connectivity index (χ3v) is 4.75. The molecule has 2 aliphatic heterocycles. The number of anilines is 1. The van der Waals surface area contributed by atoms with E-state index in [0.717, 1.165) is 25.9 Å². The van der Waals surface area contributed by atoms with E-state index < -0.39 is 0 Å². The molecular weight excluding hydrogens is 254 g/mol. The van der Waals surface area contributed by atoms with Crippen LogP contribution in [0.4, 0.5) is 5.69 Å². The van der Waals surface area contributed by atoms with Gasteiger partial charge in [0.15, 0.2) is 0 Å². The molecule has 5 nitrogen and oxygen atoms in total. The van der Waals surface area contributed by atoms with Crippen molar-refractivity contribution in [3.8, 4) is 5.88 Å². The highest BCUT2D eigenvalue weighted by atomic mass is 16.5. The van der Waals surface area contributed by atoms with Crippen molar-refractivity contribution >= 4 is 5.69 Å². The van der Waals surface area contributed by atoms with E-state index in [0.29, 0.717) is 18.0 Å². The number of ether oxygens (including phenoxy) is 1. The van der Waals surface area contributed by atoms with Gasteiger partial charge in [-0.3, -0.25) is 0 Å². The Kier molecular flexibility index (Phi) is 3.04. The fourth-order valence-electron chi connectivity index (χ4n) is 3.63. The molecule has 1 aliphatic carbocycles. The monoisotopic (exact) mass is 275 g/mol. The summed E-state index contributed by atoms with van der Waals surface area (Å²) in [4.78, 5) is 6.83. The second-order valence-electron chi connectivity index (χ2n) is 6.17. The highest BCUT2D eigenvalue weighted by molar-refractivity contribution is 5.52. The molecule has 3 heterocycles. The summed E-state index contributed by atoms with van der Waals surface area (Å²) in [5.41, 5.74) is 1.23. The lowest BCUT2D eigenvalue weighted by Crippen LogP contribution is -2.52. The molecule has 2 bridgehead atoms. The topological polar surface area (TPSA) is 57.6 Å². The first kappa shape index (κ1) is 12.4. The van der Waals surface area contributed by atoms with Gasteiger partial charge in [-0.15, -0.1) is 0 Å². The molecule has 0 radical (unpaired) electrons. The van der Waals surface area contributed by atoms with Crippen LogP contribution in [-0.4, -0.2) is 47.5 Å². The predicted molar refractivity (Wildman–Crippen MR) is 76.1 cm³/mol. The smallest absolute Gasteiger partial charge is 0.215 e. The molecule has 2 N–H and O–H groups in total. The number of hydrogen-bond donors (Lipinski definition) is 2. The molecule has 4 rings (SSSR count). The molecule has 0 amide bonds. The number of pyridine rings is 1. The number of nitrogens with one attached hydrogen (secondary N) is 1. The Labute approximate surface area is 119 Å². The van der Waals surface area contributed by atoms with Gasteiger partial charge in [0.25, 0.3) is 0 Å². The van der Waals surface area contributed by atoms with Crippen LogP contribution in [0.25, 0.3) is 0 Å². The highest BCUT2D eigenvalue weighted by Gasteiger charge is 2.36. The number of aliphatic hydroxyl groups is 1. The number of aliphatic hydroxyl groups excluding tert-OH is 1. The molecule has 20 heavy (non-hydrogen) atoms. The lowest BCUT2D eigenvalue weighted by molar-refractivity contribution is -0.0128. The summed E-state index contributed by atoms with van der Waals surface area (Å²) in [6.45, 7) is 2.15. The van der Waals surface area contributed by atoms with Gasteiger partial charge in [0, 0.05) is 56.0 Å². The van der Waals surface area contributed by atoms with Crippen LogP contribution < -0.4 is 15.0 Å². The maximum atomic E-state index is 9.32. The third kappa shape index (κ3) is 2.15. The van der Waals surface area contributed by atoms with E-state index in [9.17, 15) is 5.11 Å². The normalized spacial score (nSPS) is 35.8. The zero-order chi connectivity index (χ0) is 13.5. The van der Waals surface area contributed by atoms with Crippen molar-refractivity contribution < 1.29 is 9.84 Å². The van der Waals surface area contributed by atoms with Gasteiger partial charge >= 0.3 is 0 Å². The van der Waals surface area contributed by atoms with Crippen LogP contribution in [-0.2, 0) is 0 Å². The first-order valence-electron chi connectivity index (χ1n) is 7.59. The summed E-state index contributed by atoms with van der Waals surface area (Å²) in [5.74, 6) is 0.692. The molecule has 0 aromatic carbocycles. The molecule has 108 valence electrons. The van der Waals surface area contributed by atoms with Crippen LogP contribution in [0.5, 0.6) is 5.88 Å². The second kappa shape index (κ2) is 4.90. The Balaban J connectivity index is 1.51. The van der Waals surface area contributed by atoms with E-state index in [-0.39, 0.29) is 12.2 Å². The Morgan fingerprint density at radius 3 is 2.70 bits per heavy atom. The van der Waals surface area contributed by atoms with Crippen molar-refractivity contribution in [2.45, 2.75) is 50.0 Å². The maximum absolute atomic E-state index is 9.32. The molecule has 5 heteroatoms. The number of aromatic nitrogens is 1. The number of hydrogen-bond acceptors (Lipinski definition) is 5. The van der Waals surface area contributed by atoms with E-state index in [1.165, 1.54) is 18.5 Å². The minimum Gasteiger partial charge on any atom is -0.474 e. The molecule has 1 saturated carbocycles. The molecular formula is C15H21N3O2. The Bertz CT molecular complexity index is 474. The highest BCUT2D eigenvalue weighted by Crippen LogP contribution is 2.34. The fraction of sp³-hybridized carbons (Fsp3) is 0.667. The first-order valence-corrected chi connectivity index (χ1v) is 7.59. The van der Waals surface area contributed by atoms with E-state index in [2.05, 4.69) is 27.3 Å². The lowest BCUT2D eigenvalue weighted by Gasteiger charge is -2.37. The molecule has 2 unspecified atom stereocenters. The summed E-state index contributed by atoms with van der Waals surface area (Å²) in [5, 5.41) is 12.8. The van der Waals surface area contributed by atoms with Crippen molar-refractivity contribution in [3.05, 3.63) is 18.3 Å². The van der Waals surface area contributed by atoms with Gasteiger partial charge in [-0.25, -0.2) is 4.98 Å². The summed E-state index contributed by atoms with van der Waals surface area (Å²) in [7, 11) is 0. The molecule has 3 fully saturated rings. The van der Waals surface area contributed by atoms with Crippen molar-refractivity contribution in [2.75, 3.05) is 18.0 Å². The van der Waals surface area contributed by atoms with Crippen molar-refractivity contribution in [1.82, 2.24) is 10.3 Å². The van der Waals surface area contributed by atoms with Gasteiger partial charge in [0.1, 0.15) is 6.10 Å². The van der Waals surface area contributed by atoms with Gasteiger partial charge in [0.05, 0.1) is 6.10 Å². The summed E-state index contributed by atoms with van der Waals surface area (Å²) in [6, 6.07) is 5.35. The van der Waals surface area contributed by atoms with Crippen LogP contribution in [0.1, 0.15) is 25.7 Å². The van der Waals surface area contributed by atoms with Crippen molar-refractivity contribution in [1.29, 1.82) is 0 Å². The first-order chi connectivity index (χ1) is 9.79. The number of fused-ring (bicyclic) bond motifs is 2. The predicted octanol–water partition coefficient (Wildman–Crippen LogP) is 0.924. The molecule has 2 atom stereocenters. The average molecular weight is 275 g/mol. The van der Waals surface area contributed by atoms with Crippen molar-refractivity contribution in [2.24, 2.45) is 0 Å². The largest absolute Gasteiger partial charge is 0.474 e. The maximum Gasteiger partial charge on any atom is 0.215 e. The SMILES string of the molecule is OC1CC(Oc2cc(N3C4CCC3CNC4)ccn2)C1. The number of nitrogens with zero attached hydrogens (tertiary/aromatic N) is 2. The average Bonchev–Trinajstić information content (AvgIpc) is 2.67. The van der Waals surface area contributed by atoms with E-state index in [4.69, 9.17) is 4.74 Å². The fourth-order valence-corrected chi connectivity index (χ4v) is 3.63. The quantitative estimate of drug-likeness (QED) is 0.859. The van der Waals surface area contributed by atoms with Crippen LogP contribution in [0.3, 0.4) is 0 Å². The van der Waals surface area contributed by atoms with Gasteiger partial charge in [0.2, 0.25) is 5.88 Å². The van der Waals surface area contributed by atoms with Crippen LogP contribution in [0, 0.1) is 0 Å². The molecule has 1 aromatic rings. The van der Waals surface area contributed by atoms with Gasteiger partial charge < -0.3 is 20.1 Å². The van der Waals surface area contributed by atoms with E-state index >= 15 is 0 Å². The number of piperazine rings is 1. The van der Waals surface area contributed by atoms with Crippen LogP contribution in [0.2, 0.25) is 0 Å². The Morgan fingerprint density at radius 1 is 1.25 bits per heavy atom. The van der Waals surface area contributed by atoms with Gasteiger partial charge in [-0.05, 0) is 18.9 Å². The summed E-state index contributed by atoms with van der Waals surface area (Å²) < 4.78 is 5.83. The van der Waals surface area contributed by atoms with Crippen LogP contribution in [0.15, 0.2) is 18.3 Å².